The number of nitriles is 2. The molecule has 15 nitrogen and oxygen atoms in total. The molecule has 100 heavy (non-hydrogen) atoms. The van der Waals surface area contributed by atoms with Crippen molar-refractivity contribution in [3.05, 3.63) is 341 Å². The third-order valence-electron chi connectivity index (χ3n) is 17.4. The number of benzene rings is 12. The molecule has 3 aromatic heterocycles. The van der Waals surface area contributed by atoms with E-state index in [0.29, 0.717) is 111 Å². The number of ether oxygens (including phenoxy) is 4. The van der Waals surface area contributed by atoms with Crippen molar-refractivity contribution in [2.24, 2.45) is 0 Å². The molecule has 0 radical (unpaired) electrons. The highest BCUT2D eigenvalue weighted by molar-refractivity contribution is 6.15. The molecular formula is C85H55N7O8. The van der Waals surface area contributed by atoms with Gasteiger partial charge in [-0.2, -0.15) is 10.5 Å². The lowest BCUT2D eigenvalue weighted by molar-refractivity contribution is 0.0464. The molecule has 0 aliphatic heterocycles. The molecule has 0 saturated carbocycles. The van der Waals surface area contributed by atoms with Crippen molar-refractivity contribution in [2.45, 2.75) is 26.4 Å². The van der Waals surface area contributed by atoms with Crippen LogP contribution in [0.1, 0.15) is 74.8 Å². The molecule has 0 unspecified atom stereocenters. The largest absolute Gasteiger partial charge is 0.457 e. The second-order valence-electron chi connectivity index (χ2n) is 23.8. The molecule has 0 saturated heterocycles. The maximum absolute atomic E-state index is 13.9. The van der Waals surface area contributed by atoms with Crippen LogP contribution in [0, 0.1) is 22.7 Å². The molecule has 0 fully saturated rings. The first-order chi connectivity index (χ1) is 49.1. The summed E-state index contributed by atoms with van der Waals surface area (Å²) in [6.07, 6.45) is 0. The maximum Gasteiger partial charge on any atom is 0.338 e. The molecule has 0 bridgehead atoms. The first-order valence-electron chi connectivity index (χ1n) is 32.1. The fourth-order valence-electron chi connectivity index (χ4n) is 12.4. The molecule has 15 rings (SSSR count). The van der Waals surface area contributed by atoms with E-state index in [1.54, 1.807) is 66.7 Å². The van der Waals surface area contributed by atoms with Gasteiger partial charge in [0.25, 0.3) is 0 Å². The summed E-state index contributed by atoms with van der Waals surface area (Å²) < 4.78 is 27.3. The van der Waals surface area contributed by atoms with Crippen molar-refractivity contribution in [3.63, 3.8) is 0 Å². The summed E-state index contributed by atoms with van der Waals surface area (Å²) in [4.78, 5) is 70.8. The van der Waals surface area contributed by atoms with Gasteiger partial charge in [-0.3, -0.25) is 0 Å². The second kappa shape index (κ2) is 27.4. The van der Waals surface area contributed by atoms with Crippen LogP contribution in [-0.2, 0) is 45.4 Å². The normalized spacial score (nSPS) is 11.1. The quantitative estimate of drug-likeness (QED) is 0.0581. The van der Waals surface area contributed by atoms with Crippen molar-refractivity contribution in [3.8, 4) is 68.8 Å². The van der Waals surface area contributed by atoms with Crippen LogP contribution in [-0.4, -0.2) is 48.0 Å². The van der Waals surface area contributed by atoms with Gasteiger partial charge in [0.15, 0.2) is 17.5 Å². The van der Waals surface area contributed by atoms with Crippen LogP contribution in [0.4, 0.5) is 0 Å². The number of hydrogen-bond donors (Lipinski definition) is 0. The molecule has 0 spiro atoms. The number of esters is 4. The van der Waals surface area contributed by atoms with Gasteiger partial charge in [0.2, 0.25) is 0 Å². The highest BCUT2D eigenvalue weighted by atomic mass is 16.5. The molecule has 15 aromatic rings. The van der Waals surface area contributed by atoms with E-state index < -0.39 is 23.9 Å². The van der Waals surface area contributed by atoms with Crippen LogP contribution in [0.3, 0.4) is 0 Å². The summed E-state index contributed by atoms with van der Waals surface area (Å²) in [7, 11) is 0. The summed E-state index contributed by atoms with van der Waals surface area (Å²) in [6.45, 7) is 0.285. The smallest absolute Gasteiger partial charge is 0.338 e. The Hall–Kier alpha value is -13.9. The molecular weight excluding hydrogens is 1250 g/mol. The van der Waals surface area contributed by atoms with Crippen molar-refractivity contribution in [2.75, 3.05) is 0 Å². The van der Waals surface area contributed by atoms with E-state index >= 15 is 0 Å². The zero-order valence-corrected chi connectivity index (χ0v) is 53.4. The minimum absolute atomic E-state index is 0.0694. The van der Waals surface area contributed by atoms with Crippen LogP contribution < -0.4 is 0 Å². The Morgan fingerprint density at radius 3 is 0.990 bits per heavy atom. The van der Waals surface area contributed by atoms with Gasteiger partial charge in [0.1, 0.15) is 32.5 Å². The van der Waals surface area contributed by atoms with Gasteiger partial charge in [-0.05, 0) is 149 Å². The fraction of sp³-hybridized carbons (Fsp3) is 0.0471. The standard InChI is InChI=1S/C85H55N7O8/c86-48-54-26-28-59(29-27-54)68-43-62(31-37-74(68)92-77-40-34-65(84(95)99-52-57-20-10-3-11-21-57)46-71(77)72-47-66(35-41-78(72)92)85(96)100-53-58-22-12-4-13-23-58)81-89-79(60-24-14-5-15-25-60)88-80(90-81)61-30-36-73(67(42-61)49-87)91-75-38-32-63(82(93)97-50-55-16-6-1-7-17-55)44-69(75)70-45-64(33-39-76(70)91)83(94)98-51-56-18-8-2-9-19-56/h1-47H,50-53H2. The summed E-state index contributed by atoms with van der Waals surface area (Å²) in [6, 6.07) is 91.8. The fourth-order valence-corrected chi connectivity index (χ4v) is 12.4. The van der Waals surface area contributed by atoms with Gasteiger partial charge in [-0.25, -0.2) is 34.1 Å². The summed E-state index contributed by atoms with van der Waals surface area (Å²) in [5, 5.41) is 23.9. The summed E-state index contributed by atoms with van der Waals surface area (Å²) >= 11 is 0. The maximum atomic E-state index is 13.9. The highest BCUT2D eigenvalue weighted by Crippen LogP contribution is 2.41. The molecule has 0 N–H and O–H groups in total. The zero-order chi connectivity index (χ0) is 68.1. The molecule has 0 amide bonds. The minimum Gasteiger partial charge on any atom is -0.457 e. The number of fused-ring (bicyclic) bond motifs is 6. The van der Waals surface area contributed by atoms with Gasteiger partial charge in [0.05, 0.1) is 72.9 Å². The number of rotatable bonds is 18. The van der Waals surface area contributed by atoms with Crippen molar-refractivity contribution in [1.82, 2.24) is 24.1 Å². The number of carbonyl (C=O) groups is 4. The molecule has 3 heterocycles. The second-order valence-corrected chi connectivity index (χ2v) is 23.8. The highest BCUT2D eigenvalue weighted by Gasteiger charge is 2.25. The van der Waals surface area contributed by atoms with E-state index in [0.717, 1.165) is 33.4 Å². The Labute approximate surface area is 573 Å². The van der Waals surface area contributed by atoms with E-state index in [2.05, 4.69) is 16.7 Å². The SMILES string of the molecule is N#Cc1ccc(-c2cc(-c3nc(-c4ccccc4)nc(-c4ccc(-n5c6ccc(C(=O)OCc7ccccc7)cc6c6cc(C(=O)OCc7ccccc7)ccc65)c(C#N)c4)n3)ccc2-n2c3ccc(C(=O)OCc4ccccc4)cc3c3cc(C(=O)OCc4ccccc4)ccc32)cc1. The minimum atomic E-state index is -0.533. The average molecular weight is 1300 g/mol. The van der Waals surface area contributed by atoms with Gasteiger partial charge < -0.3 is 28.1 Å². The van der Waals surface area contributed by atoms with Crippen LogP contribution in [0.2, 0.25) is 0 Å². The Kier molecular flexibility index (Phi) is 17.1. The van der Waals surface area contributed by atoms with E-state index in [-0.39, 0.29) is 37.8 Å². The van der Waals surface area contributed by atoms with Crippen molar-refractivity contribution < 1.29 is 38.1 Å². The lowest BCUT2D eigenvalue weighted by Gasteiger charge is -2.17. The molecule has 0 aliphatic carbocycles. The monoisotopic (exact) mass is 1300 g/mol. The van der Waals surface area contributed by atoms with Crippen LogP contribution in [0.5, 0.6) is 0 Å². The predicted octanol–water partition coefficient (Wildman–Crippen LogP) is 17.9. The number of hydrogen-bond acceptors (Lipinski definition) is 13. The predicted molar refractivity (Wildman–Crippen MR) is 382 cm³/mol. The van der Waals surface area contributed by atoms with E-state index in [1.807, 2.05) is 223 Å². The van der Waals surface area contributed by atoms with Gasteiger partial charge in [-0.15, -0.1) is 0 Å². The Balaban J connectivity index is 0.841. The third kappa shape index (κ3) is 12.7. The van der Waals surface area contributed by atoms with Crippen molar-refractivity contribution in [1.29, 1.82) is 10.5 Å². The number of nitrogens with zero attached hydrogens (tertiary/aromatic N) is 7. The van der Waals surface area contributed by atoms with Crippen LogP contribution in [0.15, 0.2) is 285 Å². The molecule has 0 atom stereocenters. The Morgan fingerprint density at radius 2 is 0.630 bits per heavy atom. The van der Waals surface area contributed by atoms with Crippen LogP contribution in [0.25, 0.3) is 100 Å². The summed E-state index contributed by atoms with van der Waals surface area (Å²) in [5.41, 5.74) is 12.5. The van der Waals surface area contributed by atoms with E-state index in [1.165, 1.54) is 0 Å². The molecule has 0 aliphatic rings. The van der Waals surface area contributed by atoms with E-state index in [9.17, 15) is 29.7 Å². The Morgan fingerprint density at radius 1 is 0.310 bits per heavy atom. The molecule has 478 valence electrons. The Bertz CT molecular complexity index is 5540. The molecule has 15 heteroatoms. The first-order valence-corrected chi connectivity index (χ1v) is 32.1. The lowest BCUT2D eigenvalue weighted by atomic mass is 9.99. The number of carbonyl (C=O) groups excluding carboxylic acids is 4. The third-order valence-corrected chi connectivity index (χ3v) is 17.4. The van der Waals surface area contributed by atoms with Gasteiger partial charge in [-0.1, -0.05) is 164 Å². The van der Waals surface area contributed by atoms with Crippen molar-refractivity contribution >= 4 is 67.5 Å². The summed E-state index contributed by atoms with van der Waals surface area (Å²) in [5.74, 6) is -1.16. The molecule has 12 aromatic carbocycles. The topological polar surface area (TPSA) is 201 Å². The average Bonchev–Trinajstić information content (AvgIpc) is 1.57. The van der Waals surface area contributed by atoms with Gasteiger partial charge in [0, 0.05) is 43.8 Å². The zero-order valence-electron chi connectivity index (χ0n) is 53.4. The van der Waals surface area contributed by atoms with Gasteiger partial charge >= 0.3 is 23.9 Å². The van der Waals surface area contributed by atoms with E-state index in [4.69, 9.17) is 33.9 Å². The first kappa shape index (κ1) is 62.2. The number of aromatic nitrogens is 5. The van der Waals surface area contributed by atoms with Crippen LogP contribution >= 0.6 is 0 Å². The lowest BCUT2D eigenvalue weighted by Crippen LogP contribution is -2.05.